The molecule has 2 aromatic heterocycles. The quantitative estimate of drug-likeness (QED) is 0.103. The highest BCUT2D eigenvalue weighted by Crippen LogP contribution is 2.40. The van der Waals surface area contributed by atoms with Gasteiger partial charge in [-0.2, -0.15) is 0 Å². The Morgan fingerprint density at radius 3 is 2.20 bits per heavy atom. The summed E-state index contributed by atoms with van der Waals surface area (Å²) in [5.74, 6) is 1.33. The van der Waals surface area contributed by atoms with Gasteiger partial charge < -0.3 is 39.9 Å². The van der Waals surface area contributed by atoms with Crippen molar-refractivity contribution in [1.82, 2.24) is 40.4 Å². The molecule has 0 radical (unpaired) electrons. The Morgan fingerprint density at radius 1 is 0.783 bits per heavy atom. The number of rotatable bonds is 10. The standard InChI is InChI=1S/C45H56N8O6Si/c1-26(2)37(50-44(56)58-3)42(54)53-25-60(5,6)24-36(53)41-47-33-20-18-31-22-30(17-19-32(31)39(33)49-41)27-13-15-28(16-14-27)34-23-46-40(48-34)35-12-9-21-52(35)43(55)38(51-45(57)59-4)29-10-7-8-11-29/h13-20,22-23,26,29,35-38H,7-12,21,24-25H2,1-6H3,(H,46,48)(H,47,49)(H,50,56)(H,51,57)/t35-,36-,37-,38-/m0/s1. The number of ether oxygens (including phenoxy) is 2. The second kappa shape index (κ2) is 16.7. The number of nitrogens with one attached hydrogen (secondary N) is 4. The molecule has 14 nitrogen and oxygen atoms in total. The van der Waals surface area contributed by atoms with E-state index in [4.69, 9.17) is 19.4 Å². The molecule has 8 rings (SSSR count). The van der Waals surface area contributed by atoms with Gasteiger partial charge in [0.05, 0.1) is 57.3 Å². The minimum absolute atomic E-state index is 0.0645. The fraction of sp³-hybridized carbons (Fsp3) is 0.467. The van der Waals surface area contributed by atoms with Crippen LogP contribution in [0, 0.1) is 11.8 Å². The summed E-state index contributed by atoms with van der Waals surface area (Å²) in [5.41, 5.74) is 5.79. The number of H-pyrrole nitrogens is 2. The van der Waals surface area contributed by atoms with Crippen LogP contribution in [0.3, 0.4) is 0 Å². The molecule has 2 saturated heterocycles. The molecule has 2 aliphatic heterocycles. The van der Waals surface area contributed by atoms with Crippen LogP contribution >= 0.6 is 0 Å². The number of methoxy groups -OCH3 is 2. The van der Waals surface area contributed by atoms with E-state index < -0.39 is 32.3 Å². The van der Waals surface area contributed by atoms with Gasteiger partial charge in [0.2, 0.25) is 11.8 Å². The van der Waals surface area contributed by atoms with Gasteiger partial charge in [0.1, 0.15) is 23.7 Å². The highest BCUT2D eigenvalue weighted by molar-refractivity contribution is 6.78. The summed E-state index contributed by atoms with van der Waals surface area (Å²) in [5, 5.41) is 7.72. The second-order valence-electron chi connectivity index (χ2n) is 17.8. The molecule has 0 unspecified atom stereocenters. The Hall–Kier alpha value is -5.70. The first-order valence-corrected chi connectivity index (χ1v) is 24.6. The van der Waals surface area contributed by atoms with E-state index in [1.54, 1.807) is 0 Å². The van der Waals surface area contributed by atoms with Crippen LogP contribution in [-0.4, -0.2) is 101 Å². The number of imidazole rings is 2. The maximum Gasteiger partial charge on any atom is 0.407 e. The van der Waals surface area contributed by atoms with Gasteiger partial charge in [0.15, 0.2) is 0 Å². The predicted octanol–water partition coefficient (Wildman–Crippen LogP) is 7.86. The van der Waals surface area contributed by atoms with Crippen molar-refractivity contribution >= 4 is 53.9 Å². The van der Waals surface area contributed by atoms with Crippen molar-refractivity contribution in [3.8, 4) is 22.4 Å². The van der Waals surface area contributed by atoms with E-state index in [2.05, 4.69) is 82.2 Å². The molecule has 3 aliphatic rings. The minimum atomic E-state index is -1.77. The van der Waals surface area contributed by atoms with Crippen LogP contribution in [0.2, 0.25) is 19.1 Å². The number of benzene rings is 3. The van der Waals surface area contributed by atoms with Gasteiger partial charge in [-0.3, -0.25) is 9.59 Å². The molecule has 1 aliphatic carbocycles. The third-order valence-electron chi connectivity index (χ3n) is 12.8. The molecule has 4 heterocycles. The second-order valence-corrected chi connectivity index (χ2v) is 22.9. The highest BCUT2D eigenvalue weighted by Gasteiger charge is 2.46. The summed E-state index contributed by atoms with van der Waals surface area (Å²) in [6.07, 6.45) is 6.93. The number of nitrogens with zero attached hydrogens (tertiary/aromatic N) is 4. The Bertz CT molecular complexity index is 2400. The molecule has 316 valence electrons. The van der Waals surface area contributed by atoms with E-state index in [1.165, 1.54) is 14.2 Å². The predicted molar refractivity (Wildman–Crippen MR) is 233 cm³/mol. The first kappa shape index (κ1) is 41.0. The smallest absolute Gasteiger partial charge is 0.407 e. The van der Waals surface area contributed by atoms with E-state index in [1.807, 2.05) is 35.9 Å². The molecule has 4 atom stereocenters. The Morgan fingerprint density at radius 2 is 1.48 bits per heavy atom. The van der Waals surface area contributed by atoms with Crippen LogP contribution in [0.5, 0.6) is 0 Å². The number of carbonyl (C=O) groups is 4. The van der Waals surface area contributed by atoms with Crippen LogP contribution < -0.4 is 10.6 Å². The van der Waals surface area contributed by atoms with Crippen molar-refractivity contribution < 1.29 is 28.7 Å². The fourth-order valence-corrected chi connectivity index (χ4v) is 12.5. The topological polar surface area (TPSA) is 175 Å². The van der Waals surface area contributed by atoms with Crippen LogP contribution in [0.1, 0.15) is 76.1 Å². The molecule has 0 spiro atoms. The zero-order valence-corrected chi connectivity index (χ0v) is 36.3. The van der Waals surface area contributed by atoms with E-state index in [0.717, 1.165) is 100 Å². The van der Waals surface area contributed by atoms with E-state index in [-0.39, 0.29) is 35.7 Å². The monoisotopic (exact) mass is 832 g/mol. The first-order valence-electron chi connectivity index (χ1n) is 21.2. The summed E-state index contributed by atoms with van der Waals surface area (Å²) in [6, 6.07) is 18.1. The van der Waals surface area contributed by atoms with Gasteiger partial charge in [-0.25, -0.2) is 19.6 Å². The Kier molecular flexibility index (Phi) is 11.5. The molecular weight excluding hydrogens is 777 g/mol. The van der Waals surface area contributed by atoms with Crippen molar-refractivity contribution in [3.05, 3.63) is 72.4 Å². The number of likely N-dealkylation sites (tertiary alicyclic amines) is 1. The lowest BCUT2D eigenvalue weighted by Crippen LogP contribution is -2.52. The molecule has 4 amide bonds. The largest absolute Gasteiger partial charge is 0.453 e. The van der Waals surface area contributed by atoms with Gasteiger partial charge in [-0.05, 0) is 77.8 Å². The maximum atomic E-state index is 14.0. The van der Waals surface area contributed by atoms with Crippen LogP contribution in [0.25, 0.3) is 44.2 Å². The molecule has 0 bridgehead atoms. The summed E-state index contributed by atoms with van der Waals surface area (Å²) in [6.45, 7) is 9.05. The van der Waals surface area contributed by atoms with Crippen LogP contribution in [0.15, 0.2) is 60.8 Å². The van der Waals surface area contributed by atoms with Gasteiger partial charge >= 0.3 is 12.2 Å². The lowest BCUT2D eigenvalue weighted by atomic mass is 9.96. The lowest BCUT2D eigenvalue weighted by molar-refractivity contribution is -0.136. The molecule has 15 heteroatoms. The SMILES string of the molecule is COC(=O)N[C@H](C(=O)N1C[Si](C)(C)C[C@H]1c1nc2ccc3cc(-c4ccc(-c5cnc([C@@H]6CCCN6C(=O)[C@@H](NC(=O)OC)C6CCCC6)[nH]5)cc4)ccc3c2[nH]1)C(C)C. The van der Waals surface area contributed by atoms with Crippen molar-refractivity contribution in [3.63, 3.8) is 0 Å². The van der Waals surface area contributed by atoms with Crippen molar-refractivity contribution in [2.24, 2.45) is 11.8 Å². The highest BCUT2D eigenvalue weighted by atomic mass is 28.3. The normalized spacial score (nSPS) is 20.2. The Balaban J connectivity index is 0.993. The molecule has 5 aromatic rings. The summed E-state index contributed by atoms with van der Waals surface area (Å²) >= 11 is 0. The van der Waals surface area contributed by atoms with Crippen molar-refractivity contribution in [2.75, 3.05) is 26.9 Å². The molecule has 1 saturated carbocycles. The van der Waals surface area contributed by atoms with Gasteiger partial charge in [0.25, 0.3) is 0 Å². The Labute approximate surface area is 351 Å². The number of amides is 4. The molecule has 3 fully saturated rings. The van der Waals surface area contributed by atoms with Crippen LogP contribution in [-0.2, 0) is 19.1 Å². The number of hydrogen-bond donors (Lipinski definition) is 4. The maximum absolute atomic E-state index is 14.0. The lowest BCUT2D eigenvalue weighted by Gasteiger charge is -2.31. The number of aromatic nitrogens is 4. The number of alkyl carbamates (subject to hydrolysis) is 2. The average molecular weight is 833 g/mol. The van der Waals surface area contributed by atoms with E-state index in [9.17, 15) is 19.2 Å². The molecule has 4 N–H and O–H groups in total. The van der Waals surface area contributed by atoms with E-state index >= 15 is 0 Å². The zero-order valence-electron chi connectivity index (χ0n) is 35.3. The van der Waals surface area contributed by atoms with E-state index in [0.29, 0.717) is 12.7 Å². The molecule has 60 heavy (non-hydrogen) atoms. The van der Waals surface area contributed by atoms with Gasteiger partial charge in [-0.15, -0.1) is 0 Å². The zero-order chi connectivity index (χ0) is 42.3. The number of fused-ring (bicyclic) bond motifs is 3. The number of carbonyl (C=O) groups excluding carboxylic acids is 4. The summed E-state index contributed by atoms with van der Waals surface area (Å²) < 4.78 is 9.71. The van der Waals surface area contributed by atoms with Crippen molar-refractivity contribution in [1.29, 1.82) is 0 Å². The average Bonchev–Trinajstić information content (AvgIpc) is 4.10. The molecular formula is C45H56N8O6Si. The minimum Gasteiger partial charge on any atom is -0.453 e. The summed E-state index contributed by atoms with van der Waals surface area (Å²) in [7, 11) is 0.859. The van der Waals surface area contributed by atoms with Crippen molar-refractivity contribution in [2.45, 2.75) is 95.7 Å². The number of hydrogen-bond acceptors (Lipinski definition) is 8. The third kappa shape index (κ3) is 8.11. The summed E-state index contributed by atoms with van der Waals surface area (Å²) in [4.78, 5) is 73.0. The molecule has 3 aromatic carbocycles. The van der Waals surface area contributed by atoms with Crippen LogP contribution in [0.4, 0.5) is 9.59 Å². The third-order valence-corrected chi connectivity index (χ3v) is 15.5. The van der Waals surface area contributed by atoms with Gasteiger partial charge in [-0.1, -0.05) is 82.2 Å². The van der Waals surface area contributed by atoms with Gasteiger partial charge in [0, 0.05) is 18.1 Å². The fourth-order valence-electron chi connectivity index (χ4n) is 9.64. The number of aromatic amines is 2. The first-order chi connectivity index (χ1) is 28.8.